The fraction of sp³-hybridized carbons (Fsp3) is 0.524. The molecule has 1 aliphatic carbocycles. The van der Waals surface area contributed by atoms with Crippen molar-refractivity contribution in [2.45, 2.75) is 45.1 Å². The lowest BCUT2D eigenvalue weighted by Crippen LogP contribution is -2.32. The van der Waals surface area contributed by atoms with Gasteiger partial charge in [0.05, 0.1) is 0 Å². The molecule has 4 rings (SSSR count). The average Bonchev–Trinajstić information content (AvgIpc) is 2.95. The van der Waals surface area contributed by atoms with E-state index in [2.05, 4.69) is 62.1 Å². The predicted molar refractivity (Wildman–Crippen MR) is 100 cm³/mol. The summed E-state index contributed by atoms with van der Waals surface area (Å²) in [5.41, 5.74) is 1.38. The summed E-state index contributed by atoms with van der Waals surface area (Å²) in [6, 6.07) is 10.7. The van der Waals surface area contributed by atoms with Gasteiger partial charge in [-0.25, -0.2) is 0 Å². The number of nitrogens with zero attached hydrogens (tertiary/aromatic N) is 4. The van der Waals surface area contributed by atoms with Gasteiger partial charge < -0.3 is 9.47 Å². The molecule has 4 heteroatoms. The van der Waals surface area contributed by atoms with Crippen LogP contribution in [0.3, 0.4) is 0 Å². The Kier molecular flexibility index (Phi) is 5.26. The van der Waals surface area contributed by atoms with Gasteiger partial charge in [0.15, 0.2) is 0 Å². The normalized spacial score (nSPS) is 21.0. The first-order valence-corrected chi connectivity index (χ1v) is 9.71. The standard InChI is InChI=1S/C21H28N4/c1-3-7-18(8-4-1)11-12-20-22-23-21-13-14-24(15-16-25(20)21)17-19-9-5-2-6-10-19/h1-5,7-8,19H,6,9-17H2. The van der Waals surface area contributed by atoms with E-state index in [0.29, 0.717) is 0 Å². The van der Waals surface area contributed by atoms with Crippen molar-refractivity contribution in [2.24, 2.45) is 5.92 Å². The first-order valence-electron chi connectivity index (χ1n) is 9.71. The van der Waals surface area contributed by atoms with E-state index in [9.17, 15) is 0 Å². The Labute approximate surface area is 150 Å². The quantitative estimate of drug-likeness (QED) is 0.786. The lowest BCUT2D eigenvalue weighted by atomic mass is 9.94. The second-order valence-electron chi connectivity index (χ2n) is 7.37. The van der Waals surface area contributed by atoms with Crippen LogP contribution in [-0.2, 0) is 25.8 Å². The highest BCUT2D eigenvalue weighted by molar-refractivity contribution is 5.15. The average molecular weight is 336 g/mol. The van der Waals surface area contributed by atoms with Gasteiger partial charge in [-0.2, -0.15) is 0 Å². The summed E-state index contributed by atoms with van der Waals surface area (Å²) < 4.78 is 2.38. The molecule has 0 spiro atoms. The number of aromatic nitrogens is 3. The second kappa shape index (κ2) is 7.96. The van der Waals surface area contributed by atoms with Gasteiger partial charge in [0.2, 0.25) is 0 Å². The van der Waals surface area contributed by atoms with Crippen molar-refractivity contribution in [1.29, 1.82) is 0 Å². The molecule has 132 valence electrons. The molecule has 4 nitrogen and oxygen atoms in total. The van der Waals surface area contributed by atoms with E-state index in [-0.39, 0.29) is 0 Å². The minimum absolute atomic E-state index is 0.839. The minimum atomic E-state index is 0.839. The number of hydrogen-bond donors (Lipinski definition) is 0. The summed E-state index contributed by atoms with van der Waals surface area (Å²) in [5.74, 6) is 3.17. The van der Waals surface area contributed by atoms with Crippen molar-refractivity contribution in [3.8, 4) is 0 Å². The maximum Gasteiger partial charge on any atom is 0.134 e. The highest BCUT2D eigenvalue weighted by atomic mass is 15.3. The van der Waals surface area contributed by atoms with E-state index in [1.807, 2.05) is 0 Å². The van der Waals surface area contributed by atoms with Gasteiger partial charge in [-0.15, -0.1) is 10.2 Å². The third kappa shape index (κ3) is 4.18. The molecule has 1 unspecified atom stereocenters. The topological polar surface area (TPSA) is 34.0 Å². The Bertz CT molecular complexity index is 704. The molecule has 25 heavy (non-hydrogen) atoms. The third-order valence-electron chi connectivity index (χ3n) is 5.57. The second-order valence-corrected chi connectivity index (χ2v) is 7.37. The van der Waals surface area contributed by atoms with Crippen molar-refractivity contribution in [1.82, 2.24) is 19.7 Å². The Morgan fingerprint density at radius 2 is 1.88 bits per heavy atom. The zero-order valence-corrected chi connectivity index (χ0v) is 15.0. The van der Waals surface area contributed by atoms with Crippen molar-refractivity contribution in [3.05, 3.63) is 59.7 Å². The molecule has 0 N–H and O–H groups in total. The highest BCUT2D eigenvalue weighted by Crippen LogP contribution is 2.20. The molecular formula is C21H28N4. The van der Waals surface area contributed by atoms with Gasteiger partial charge >= 0.3 is 0 Å². The number of benzene rings is 1. The van der Waals surface area contributed by atoms with Crippen LogP contribution >= 0.6 is 0 Å². The van der Waals surface area contributed by atoms with Crippen LogP contribution in [0.5, 0.6) is 0 Å². The number of aryl methyl sites for hydroxylation is 2. The number of rotatable bonds is 5. The number of fused-ring (bicyclic) bond motifs is 1. The largest absolute Gasteiger partial charge is 0.314 e. The van der Waals surface area contributed by atoms with E-state index in [1.54, 1.807) is 0 Å². The van der Waals surface area contributed by atoms with Crippen LogP contribution in [0.25, 0.3) is 0 Å². The van der Waals surface area contributed by atoms with Gasteiger partial charge in [0.1, 0.15) is 11.6 Å². The molecule has 1 atom stereocenters. The molecular weight excluding hydrogens is 308 g/mol. The van der Waals surface area contributed by atoms with Crippen molar-refractivity contribution < 1.29 is 0 Å². The van der Waals surface area contributed by atoms with E-state index >= 15 is 0 Å². The van der Waals surface area contributed by atoms with Crippen LogP contribution in [-0.4, -0.2) is 39.3 Å². The first-order chi connectivity index (χ1) is 12.4. The lowest BCUT2D eigenvalue weighted by Gasteiger charge is -2.26. The summed E-state index contributed by atoms with van der Waals surface area (Å²) in [6.07, 6.45) is 11.6. The van der Waals surface area contributed by atoms with Crippen molar-refractivity contribution in [3.63, 3.8) is 0 Å². The Morgan fingerprint density at radius 3 is 2.72 bits per heavy atom. The van der Waals surface area contributed by atoms with Crippen LogP contribution in [0.1, 0.15) is 36.5 Å². The fourth-order valence-corrected chi connectivity index (χ4v) is 4.08. The van der Waals surface area contributed by atoms with E-state index in [0.717, 1.165) is 50.6 Å². The van der Waals surface area contributed by atoms with Crippen LogP contribution in [0.2, 0.25) is 0 Å². The minimum Gasteiger partial charge on any atom is -0.314 e. The molecule has 0 fully saturated rings. The molecule has 1 aliphatic heterocycles. The van der Waals surface area contributed by atoms with Gasteiger partial charge in [0.25, 0.3) is 0 Å². The molecule has 2 heterocycles. The van der Waals surface area contributed by atoms with Gasteiger partial charge in [-0.1, -0.05) is 42.5 Å². The summed E-state index contributed by atoms with van der Waals surface area (Å²) in [6.45, 7) is 4.53. The van der Waals surface area contributed by atoms with E-state index < -0.39 is 0 Å². The smallest absolute Gasteiger partial charge is 0.134 e. The summed E-state index contributed by atoms with van der Waals surface area (Å²) in [5, 5.41) is 8.97. The number of allylic oxidation sites excluding steroid dienone is 2. The van der Waals surface area contributed by atoms with Crippen molar-refractivity contribution >= 4 is 0 Å². The van der Waals surface area contributed by atoms with Crippen LogP contribution in [0.15, 0.2) is 42.5 Å². The molecule has 0 saturated heterocycles. The first kappa shape index (κ1) is 16.5. The fourth-order valence-electron chi connectivity index (χ4n) is 4.08. The Balaban J connectivity index is 1.35. The molecule has 1 aromatic heterocycles. The van der Waals surface area contributed by atoms with E-state index in [1.165, 1.54) is 37.2 Å². The monoisotopic (exact) mass is 336 g/mol. The predicted octanol–water partition coefficient (Wildman–Crippen LogP) is 3.28. The molecule has 1 aromatic carbocycles. The molecule has 0 amide bonds. The Morgan fingerprint density at radius 1 is 0.960 bits per heavy atom. The maximum absolute atomic E-state index is 4.49. The lowest BCUT2D eigenvalue weighted by molar-refractivity contribution is 0.226. The highest BCUT2D eigenvalue weighted by Gasteiger charge is 2.21. The molecule has 2 aromatic rings. The molecule has 0 saturated carbocycles. The SMILES string of the molecule is C1=CCC(CN2CCc3nnc(CCc4ccccc4)n3CC2)CC1. The van der Waals surface area contributed by atoms with Gasteiger partial charge in [0, 0.05) is 39.0 Å². The molecule has 0 bridgehead atoms. The molecule has 2 aliphatic rings. The summed E-state index contributed by atoms with van der Waals surface area (Å²) in [4.78, 5) is 2.64. The van der Waals surface area contributed by atoms with Gasteiger partial charge in [-0.3, -0.25) is 0 Å². The maximum atomic E-state index is 4.49. The number of hydrogen-bond acceptors (Lipinski definition) is 3. The van der Waals surface area contributed by atoms with Crippen molar-refractivity contribution in [2.75, 3.05) is 19.6 Å². The zero-order chi connectivity index (χ0) is 16.9. The Hall–Kier alpha value is -1.94. The van der Waals surface area contributed by atoms with Crippen LogP contribution < -0.4 is 0 Å². The molecule has 0 radical (unpaired) electrons. The summed E-state index contributed by atoms with van der Waals surface area (Å²) in [7, 11) is 0. The van der Waals surface area contributed by atoms with E-state index in [4.69, 9.17) is 0 Å². The zero-order valence-electron chi connectivity index (χ0n) is 15.0. The van der Waals surface area contributed by atoms with Gasteiger partial charge in [-0.05, 0) is 37.2 Å². The van der Waals surface area contributed by atoms with Crippen LogP contribution in [0.4, 0.5) is 0 Å². The van der Waals surface area contributed by atoms with Crippen LogP contribution in [0, 0.1) is 5.92 Å². The third-order valence-corrected chi connectivity index (χ3v) is 5.57. The summed E-state index contributed by atoms with van der Waals surface area (Å²) >= 11 is 0.